The molecular formula is C34H39N3O3. The second-order valence-electron chi connectivity index (χ2n) is 11.2. The van der Waals surface area contributed by atoms with E-state index < -0.39 is 5.92 Å². The first-order valence-electron chi connectivity index (χ1n) is 14.6. The summed E-state index contributed by atoms with van der Waals surface area (Å²) in [5.74, 6) is -0.929. The maximum absolute atomic E-state index is 13.9. The number of anilines is 1. The van der Waals surface area contributed by atoms with E-state index in [1.165, 1.54) is 0 Å². The summed E-state index contributed by atoms with van der Waals surface area (Å²) in [5, 5.41) is 3.08. The summed E-state index contributed by atoms with van der Waals surface area (Å²) in [6, 6.07) is 24.8. The molecule has 3 aromatic rings. The van der Waals surface area contributed by atoms with Gasteiger partial charge in [-0.25, -0.2) is 0 Å². The number of hydrogen-bond acceptors (Lipinski definition) is 3. The standard InChI is InChI=1S/C34H39N3O3/c1-24-13-9-11-19-36(24)33(39)28-21-29(34(40)37-20-12-10-14-25(37)2)23-30(22-28)35-32(38)31(26-15-5-3-6-16-26)27-17-7-4-8-18-27/h3-8,15-18,21-25,31H,9-14,19-20H2,1-2H3,(H,35,38)/t24-,25-/m0/s1. The third-order valence-electron chi connectivity index (χ3n) is 8.35. The van der Waals surface area contributed by atoms with Crippen LogP contribution >= 0.6 is 0 Å². The first kappa shape index (κ1) is 27.6. The van der Waals surface area contributed by atoms with Gasteiger partial charge in [-0.2, -0.15) is 0 Å². The molecule has 2 aliphatic heterocycles. The third-order valence-corrected chi connectivity index (χ3v) is 8.35. The van der Waals surface area contributed by atoms with Crippen LogP contribution in [0.2, 0.25) is 0 Å². The van der Waals surface area contributed by atoms with Crippen molar-refractivity contribution in [1.82, 2.24) is 9.80 Å². The van der Waals surface area contributed by atoms with Crippen LogP contribution in [0.4, 0.5) is 5.69 Å². The predicted molar refractivity (Wildman–Crippen MR) is 158 cm³/mol. The second-order valence-corrected chi connectivity index (χ2v) is 11.2. The molecule has 0 aliphatic carbocycles. The van der Waals surface area contributed by atoms with Crippen LogP contribution in [0, 0.1) is 0 Å². The molecule has 2 saturated heterocycles. The fourth-order valence-corrected chi connectivity index (χ4v) is 6.08. The van der Waals surface area contributed by atoms with Gasteiger partial charge in [-0.05, 0) is 81.7 Å². The van der Waals surface area contributed by atoms with Gasteiger partial charge >= 0.3 is 0 Å². The fraction of sp³-hybridized carbons (Fsp3) is 0.382. The van der Waals surface area contributed by atoms with Crippen LogP contribution in [-0.4, -0.2) is 52.7 Å². The molecule has 40 heavy (non-hydrogen) atoms. The molecule has 208 valence electrons. The Morgan fingerprint density at radius 3 is 1.55 bits per heavy atom. The normalized spacial score (nSPS) is 19.4. The van der Waals surface area contributed by atoms with Gasteiger partial charge in [0.15, 0.2) is 0 Å². The highest BCUT2D eigenvalue weighted by Gasteiger charge is 2.29. The molecule has 1 N–H and O–H groups in total. The Labute approximate surface area is 237 Å². The Bertz CT molecular complexity index is 1250. The quantitative estimate of drug-likeness (QED) is 0.391. The summed E-state index contributed by atoms with van der Waals surface area (Å²) < 4.78 is 0. The summed E-state index contributed by atoms with van der Waals surface area (Å²) in [6.07, 6.45) is 6.10. The summed E-state index contributed by atoms with van der Waals surface area (Å²) in [5.41, 5.74) is 3.09. The van der Waals surface area contributed by atoms with Crippen LogP contribution < -0.4 is 5.32 Å². The van der Waals surface area contributed by atoms with Crippen molar-refractivity contribution in [1.29, 1.82) is 0 Å². The molecule has 5 rings (SSSR count). The van der Waals surface area contributed by atoms with E-state index in [1.54, 1.807) is 18.2 Å². The molecule has 2 fully saturated rings. The van der Waals surface area contributed by atoms with E-state index in [2.05, 4.69) is 19.2 Å². The van der Waals surface area contributed by atoms with Crippen LogP contribution in [-0.2, 0) is 4.79 Å². The summed E-state index contributed by atoms with van der Waals surface area (Å²) in [7, 11) is 0. The molecule has 3 aromatic carbocycles. The monoisotopic (exact) mass is 537 g/mol. The lowest BCUT2D eigenvalue weighted by Gasteiger charge is -2.34. The average Bonchev–Trinajstić information content (AvgIpc) is 2.98. The van der Waals surface area contributed by atoms with E-state index >= 15 is 0 Å². The van der Waals surface area contributed by atoms with Crippen molar-refractivity contribution in [3.63, 3.8) is 0 Å². The number of amides is 3. The molecule has 0 unspecified atom stereocenters. The SMILES string of the molecule is C[C@H]1CCCCN1C(=O)c1cc(NC(=O)C(c2ccccc2)c2ccccc2)cc(C(=O)N2CCCC[C@@H]2C)c1. The minimum absolute atomic E-state index is 0.0910. The zero-order valence-electron chi connectivity index (χ0n) is 23.5. The van der Waals surface area contributed by atoms with Crippen LogP contribution in [0.15, 0.2) is 78.9 Å². The highest BCUT2D eigenvalue weighted by atomic mass is 16.2. The van der Waals surface area contributed by atoms with Crippen molar-refractivity contribution in [3.05, 3.63) is 101 Å². The lowest BCUT2D eigenvalue weighted by Crippen LogP contribution is -2.43. The van der Waals surface area contributed by atoms with E-state index in [0.29, 0.717) is 29.9 Å². The van der Waals surface area contributed by atoms with Crippen LogP contribution in [0.5, 0.6) is 0 Å². The first-order valence-corrected chi connectivity index (χ1v) is 14.6. The topological polar surface area (TPSA) is 69.7 Å². The first-order chi connectivity index (χ1) is 19.4. The molecule has 6 nitrogen and oxygen atoms in total. The maximum Gasteiger partial charge on any atom is 0.254 e. The smallest absolute Gasteiger partial charge is 0.254 e. The van der Waals surface area contributed by atoms with Crippen molar-refractivity contribution in [2.75, 3.05) is 18.4 Å². The highest BCUT2D eigenvalue weighted by Crippen LogP contribution is 2.29. The van der Waals surface area contributed by atoms with Crippen molar-refractivity contribution in [2.45, 2.75) is 70.4 Å². The number of carbonyl (C=O) groups excluding carboxylic acids is 3. The Morgan fingerprint density at radius 2 is 1.12 bits per heavy atom. The highest BCUT2D eigenvalue weighted by molar-refractivity contribution is 6.04. The van der Waals surface area contributed by atoms with Gasteiger partial charge in [-0.1, -0.05) is 60.7 Å². The molecule has 2 atom stereocenters. The van der Waals surface area contributed by atoms with Crippen molar-refractivity contribution >= 4 is 23.4 Å². The molecule has 3 amide bonds. The Kier molecular flexibility index (Phi) is 8.63. The molecule has 6 heteroatoms. The molecule has 0 spiro atoms. The van der Waals surface area contributed by atoms with Gasteiger partial charge in [-0.3, -0.25) is 14.4 Å². The molecule has 2 heterocycles. The lowest BCUT2D eigenvalue weighted by molar-refractivity contribution is -0.116. The summed E-state index contributed by atoms with van der Waals surface area (Å²) >= 11 is 0. The fourth-order valence-electron chi connectivity index (χ4n) is 6.08. The van der Waals surface area contributed by atoms with E-state index in [-0.39, 0.29) is 29.8 Å². The molecule has 2 aliphatic rings. The van der Waals surface area contributed by atoms with Gasteiger partial charge in [0.1, 0.15) is 0 Å². The molecule has 0 bridgehead atoms. The van der Waals surface area contributed by atoms with E-state index in [1.807, 2.05) is 70.5 Å². The molecule has 0 aromatic heterocycles. The van der Waals surface area contributed by atoms with Crippen LogP contribution in [0.1, 0.15) is 90.1 Å². The van der Waals surface area contributed by atoms with Gasteiger partial charge in [0.05, 0.1) is 5.92 Å². The zero-order chi connectivity index (χ0) is 28.1. The predicted octanol–water partition coefficient (Wildman–Crippen LogP) is 6.49. The number of piperidine rings is 2. The number of nitrogens with one attached hydrogen (secondary N) is 1. The minimum atomic E-state index is -0.537. The Balaban J connectivity index is 1.51. The van der Waals surface area contributed by atoms with Crippen LogP contribution in [0.25, 0.3) is 0 Å². The average molecular weight is 538 g/mol. The number of carbonyl (C=O) groups is 3. The Morgan fingerprint density at radius 1 is 0.675 bits per heavy atom. The van der Waals surface area contributed by atoms with Gasteiger partial charge in [0.25, 0.3) is 11.8 Å². The molecular weight excluding hydrogens is 498 g/mol. The second kappa shape index (κ2) is 12.5. The van der Waals surface area contributed by atoms with Gasteiger partial charge in [0.2, 0.25) is 5.91 Å². The lowest BCUT2D eigenvalue weighted by atomic mass is 9.90. The zero-order valence-corrected chi connectivity index (χ0v) is 23.5. The van der Waals surface area contributed by atoms with Gasteiger partial charge < -0.3 is 15.1 Å². The van der Waals surface area contributed by atoms with Crippen molar-refractivity contribution < 1.29 is 14.4 Å². The van der Waals surface area contributed by atoms with E-state index in [4.69, 9.17) is 0 Å². The minimum Gasteiger partial charge on any atom is -0.336 e. The Hall–Kier alpha value is -3.93. The molecule has 0 saturated carbocycles. The summed E-state index contributed by atoms with van der Waals surface area (Å²) in [6.45, 7) is 5.56. The number of likely N-dealkylation sites (tertiary alicyclic amines) is 2. The summed E-state index contributed by atoms with van der Waals surface area (Å²) in [4.78, 5) is 45.1. The van der Waals surface area contributed by atoms with E-state index in [9.17, 15) is 14.4 Å². The number of hydrogen-bond donors (Lipinski definition) is 1. The number of rotatable bonds is 6. The van der Waals surface area contributed by atoms with Gasteiger partial charge in [0, 0.05) is 42.0 Å². The number of nitrogens with zero attached hydrogens (tertiary/aromatic N) is 2. The van der Waals surface area contributed by atoms with Crippen molar-refractivity contribution in [3.8, 4) is 0 Å². The third kappa shape index (κ3) is 6.11. The maximum atomic E-state index is 13.9. The van der Waals surface area contributed by atoms with E-state index in [0.717, 1.165) is 49.7 Å². The largest absolute Gasteiger partial charge is 0.336 e. The van der Waals surface area contributed by atoms with Gasteiger partial charge in [-0.15, -0.1) is 0 Å². The number of benzene rings is 3. The van der Waals surface area contributed by atoms with Crippen LogP contribution in [0.3, 0.4) is 0 Å². The van der Waals surface area contributed by atoms with Crippen molar-refractivity contribution in [2.24, 2.45) is 0 Å². The molecule has 0 radical (unpaired) electrons.